The molecule has 0 aromatic heterocycles. The third kappa shape index (κ3) is 5.59. The van der Waals surface area contributed by atoms with Gasteiger partial charge in [-0.1, -0.05) is 13.3 Å². The lowest BCUT2D eigenvalue weighted by atomic mass is 10.2. The molecule has 1 atom stereocenters. The molecule has 0 aliphatic carbocycles. The minimum atomic E-state index is -1.17. The van der Waals surface area contributed by atoms with Crippen LogP contribution in [-0.2, 0) is 4.79 Å². The molecule has 0 heterocycles. The maximum atomic E-state index is 9.85. The van der Waals surface area contributed by atoms with Crippen LogP contribution in [-0.4, -0.2) is 11.3 Å². The van der Waals surface area contributed by atoms with Crippen molar-refractivity contribution in [1.29, 1.82) is 0 Å². The Morgan fingerprint density at radius 2 is 2.22 bits per heavy atom. The molecule has 0 fully saturated rings. The number of halogens is 1. The highest BCUT2D eigenvalue weighted by atomic mass is 35.5. The number of carboxylic acid groups (broad SMARTS) is 1. The van der Waals surface area contributed by atoms with Gasteiger partial charge in [0.15, 0.2) is 0 Å². The molecule has 0 bridgehead atoms. The topological polar surface area (TPSA) is 76.6 Å². The van der Waals surface area contributed by atoms with Crippen molar-refractivity contribution in [2.45, 2.75) is 25.1 Å². The van der Waals surface area contributed by atoms with Gasteiger partial charge in [-0.15, -0.1) is 11.6 Å². The number of rotatable bonds is 3. The number of quaternary nitrogens is 1. The molecule has 0 aromatic carbocycles. The van der Waals surface area contributed by atoms with Crippen LogP contribution in [0.2, 0.25) is 0 Å². The van der Waals surface area contributed by atoms with Crippen LogP contribution in [0.5, 0.6) is 0 Å². The fourth-order valence-electron chi connectivity index (χ4n) is 0.371. The maximum Gasteiger partial charge on any atom is 0.0730 e. The van der Waals surface area contributed by atoms with E-state index < -0.39 is 11.3 Å². The first-order valence-corrected chi connectivity index (χ1v) is 2.97. The molecule has 0 rings (SSSR count). The highest BCUT2D eigenvalue weighted by molar-refractivity contribution is 6.29. The average molecular weight is 154 g/mol. The third-order valence-corrected chi connectivity index (χ3v) is 1.19. The summed E-state index contributed by atoms with van der Waals surface area (Å²) >= 11 is 5.25. The summed E-state index contributed by atoms with van der Waals surface area (Å²) in [6.45, 7) is 1.87. The Morgan fingerprint density at radius 3 is 2.33 bits per heavy atom. The molecule has 0 amide bonds. The number of carboxylic acids is 1. The first kappa shape index (κ1) is 11.5. The van der Waals surface area contributed by atoms with Crippen LogP contribution in [0.3, 0.4) is 0 Å². The second-order valence-corrected chi connectivity index (χ2v) is 2.10. The SMILES string of the molecule is CCCC(Cl)C(=O)[O-].[NH4+]. The van der Waals surface area contributed by atoms with E-state index in [2.05, 4.69) is 0 Å². The summed E-state index contributed by atoms with van der Waals surface area (Å²) in [5.74, 6) is -1.17. The van der Waals surface area contributed by atoms with E-state index in [0.29, 0.717) is 6.42 Å². The summed E-state index contributed by atoms with van der Waals surface area (Å²) in [4.78, 5) is 9.85. The molecular weight excluding hydrogens is 142 g/mol. The zero-order valence-corrected chi connectivity index (χ0v) is 6.44. The van der Waals surface area contributed by atoms with Crippen molar-refractivity contribution >= 4 is 17.6 Å². The van der Waals surface area contributed by atoms with E-state index in [1.54, 1.807) is 0 Å². The van der Waals surface area contributed by atoms with E-state index in [1.807, 2.05) is 6.92 Å². The summed E-state index contributed by atoms with van der Waals surface area (Å²) in [5, 5.41) is 9.04. The highest BCUT2D eigenvalue weighted by Crippen LogP contribution is 2.02. The molecule has 4 N–H and O–H groups in total. The van der Waals surface area contributed by atoms with Gasteiger partial charge in [-0.3, -0.25) is 0 Å². The van der Waals surface area contributed by atoms with Gasteiger partial charge in [0.1, 0.15) is 0 Å². The van der Waals surface area contributed by atoms with Crippen molar-refractivity contribution in [2.24, 2.45) is 0 Å². The quantitative estimate of drug-likeness (QED) is 0.600. The van der Waals surface area contributed by atoms with Gasteiger partial charge in [0.05, 0.1) is 11.3 Å². The van der Waals surface area contributed by atoms with Crippen LogP contribution < -0.4 is 11.3 Å². The molecule has 3 nitrogen and oxygen atoms in total. The summed E-state index contributed by atoms with van der Waals surface area (Å²) in [6.07, 6.45) is 1.27. The van der Waals surface area contributed by atoms with Gasteiger partial charge < -0.3 is 16.1 Å². The lowest BCUT2D eigenvalue weighted by Crippen LogP contribution is -2.31. The number of hydrogen-bond donors (Lipinski definition) is 1. The Morgan fingerprint density at radius 1 is 1.78 bits per heavy atom. The monoisotopic (exact) mass is 153 g/mol. The fourth-order valence-corrected chi connectivity index (χ4v) is 0.590. The van der Waals surface area contributed by atoms with Crippen LogP contribution in [0.25, 0.3) is 0 Å². The molecule has 4 heteroatoms. The van der Waals surface area contributed by atoms with Crippen molar-refractivity contribution in [2.75, 3.05) is 0 Å². The largest absolute Gasteiger partial charge is 0.549 e. The van der Waals surface area contributed by atoms with Gasteiger partial charge in [0.2, 0.25) is 0 Å². The Balaban J connectivity index is 0. The zero-order chi connectivity index (χ0) is 6.57. The predicted molar refractivity (Wildman–Crippen MR) is 35.5 cm³/mol. The Kier molecular flexibility index (Phi) is 7.48. The molecule has 0 aromatic rings. The van der Waals surface area contributed by atoms with Crippen molar-refractivity contribution in [3.63, 3.8) is 0 Å². The Bertz CT molecular complexity index is 87.0. The highest BCUT2D eigenvalue weighted by Gasteiger charge is 2.00. The number of hydrogen-bond acceptors (Lipinski definition) is 2. The third-order valence-electron chi connectivity index (χ3n) is 0.798. The van der Waals surface area contributed by atoms with E-state index >= 15 is 0 Å². The van der Waals surface area contributed by atoms with E-state index in [1.165, 1.54) is 0 Å². The number of alkyl halides is 1. The lowest BCUT2D eigenvalue weighted by molar-refractivity contribution is -0.305. The van der Waals surface area contributed by atoms with Crippen molar-refractivity contribution in [3.8, 4) is 0 Å². The van der Waals surface area contributed by atoms with Crippen LogP contribution in [0.1, 0.15) is 19.8 Å². The molecule has 0 spiro atoms. The standard InChI is InChI=1S/C5H9ClO2.H3N/c1-2-3-4(6)5(7)8;/h4H,2-3H2,1H3,(H,7,8);1H3. The van der Waals surface area contributed by atoms with Gasteiger partial charge >= 0.3 is 0 Å². The van der Waals surface area contributed by atoms with Crippen molar-refractivity contribution in [3.05, 3.63) is 0 Å². The maximum absolute atomic E-state index is 9.85. The molecule has 0 aliphatic heterocycles. The Hall–Kier alpha value is -0.280. The van der Waals surface area contributed by atoms with E-state index in [9.17, 15) is 9.90 Å². The zero-order valence-electron chi connectivity index (χ0n) is 5.69. The first-order valence-electron chi connectivity index (χ1n) is 2.53. The van der Waals surface area contributed by atoms with Gasteiger partial charge in [0, 0.05) is 0 Å². The molecule has 0 aliphatic rings. The number of aliphatic carboxylic acids is 1. The summed E-state index contributed by atoms with van der Waals surface area (Å²) in [6, 6.07) is 0. The molecule has 0 saturated heterocycles. The molecule has 56 valence electrons. The van der Waals surface area contributed by atoms with E-state index in [0.717, 1.165) is 6.42 Å². The van der Waals surface area contributed by atoms with Crippen LogP contribution in [0.15, 0.2) is 0 Å². The minimum Gasteiger partial charge on any atom is -0.549 e. The van der Waals surface area contributed by atoms with Crippen LogP contribution in [0.4, 0.5) is 0 Å². The first-order chi connectivity index (χ1) is 3.68. The smallest absolute Gasteiger partial charge is 0.0730 e. The molecule has 9 heavy (non-hydrogen) atoms. The normalized spacial score (nSPS) is 11.8. The minimum absolute atomic E-state index is 0. The van der Waals surface area contributed by atoms with Crippen molar-refractivity contribution in [1.82, 2.24) is 6.15 Å². The summed E-state index contributed by atoms with van der Waals surface area (Å²) in [5.41, 5.74) is 0. The van der Waals surface area contributed by atoms with Gasteiger partial charge in [-0.2, -0.15) is 0 Å². The van der Waals surface area contributed by atoms with Gasteiger partial charge in [-0.25, -0.2) is 0 Å². The molecular formula is C5H12ClNO2. The van der Waals surface area contributed by atoms with Crippen LogP contribution >= 0.6 is 11.6 Å². The summed E-state index contributed by atoms with van der Waals surface area (Å²) < 4.78 is 0. The fraction of sp³-hybridized carbons (Fsp3) is 0.800. The lowest BCUT2D eigenvalue weighted by Gasteiger charge is -2.06. The van der Waals surface area contributed by atoms with Gasteiger partial charge in [0.25, 0.3) is 0 Å². The van der Waals surface area contributed by atoms with Gasteiger partial charge in [-0.05, 0) is 6.42 Å². The Labute approximate surface area is 59.6 Å². The molecule has 0 saturated carbocycles. The van der Waals surface area contributed by atoms with Crippen LogP contribution in [0, 0.1) is 0 Å². The number of carbonyl (C=O) groups excluding carboxylic acids is 1. The predicted octanol–water partition coefficient (Wildman–Crippen LogP) is 0.520. The molecule has 1 unspecified atom stereocenters. The average Bonchev–Trinajstić information content (AvgIpc) is 1.67. The molecule has 0 radical (unpaired) electrons. The summed E-state index contributed by atoms with van der Waals surface area (Å²) in [7, 11) is 0. The van der Waals surface area contributed by atoms with E-state index in [-0.39, 0.29) is 6.15 Å². The van der Waals surface area contributed by atoms with E-state index in [4.69, 9.17) is 11.6 Å². The van der Waals surface area contributed by atoms with Crippen molar-refractivity contribution < 1.29 is 9.90 Å². The second kappa shape index (κ2) is 5.85. The second-order valence-electron chi connectivity index (χ2n) is 1.58. The number of carbonyl (C=O) groups is 1.